The molecule has 4 atom stereocenters. The number of rotatable bonds is 2. The first-order chi connectivity index (χ1) is 11.3. The van der Waals surface area contributed by atoms with Crippen molar-refractivity contribution >= 4 is 5.78 Å². The maximum Gasteiger partial charge on any atom is 0.161 e. The topological polar surface area (TPSA) is 57.5 Å². The molecule has 0 aromatic heterocycles. The number of Topliss-reactive ketones (excluding diaryl/α,β-unsaturated/α-hetero) is 1. The van der Waals surface area contributed by atoms with Gasteiger partial charge in [-0.2, -0.15) is 0 Å². The number of carbonyl (C=O) groups excluding carboxylic acids is 1. The van der Waals surface area contributed by atoms with Gasteiger partial charge in [-0.25, -0.2) is 0 Å². The Balaban J connectivity index is 1.87. The van der Waals surface area contributed by atoms with E-state index in [1.54, 1.807) is 0 Å². The Kier molecular flexibility index (Phi) is 4.61. The molecule has 3 fully saturated rings. The molecule has 0 aliphatic heterocycles. The number of aliphatic hydroxyl groups is 2. The molecule has 24 heavy (non-hydrogen) atoms. The summed E-state index contributed by atoms with van der Waals surface area (Å²) in [5.41, 5.74) is 2.11. The molecule has 3 aliphatic rings. The summed E-state index contributed by atoms with van der Waals surface area (Å²) in [6, 6.07) is 0. The molecule has 2 N–H and O–H groups in total. The minimum Gasteiger partial charge on any atom is -0.393 e. The Morgan fingerprint density at radius 2 is 2.00 bits per heavy atom. The Labute approximate surface area is 145 Å². The number of hydrogen-bond donors (Lipinski definition) is 2. The van der Waals surface area contributed by atoms with Crippen molar-refractivity contribution in [3.8, 4) is 0 Å². The molecule has 0 aromatic rings. The van der Waals surface area contributed by atoms with E-state index in [0.29, 0.717) is 12.8 Å². The lowest BCUT2D eigenvalue weighted by atomic mass is 9.61. The van der Waals surface area contributed by atoms with Gasteiger partial charge < -0.3 is 10.2 Å². The van der Waals surface area contributed by atoms with Crippen LogP contribution in [-0.2, 0) is 4.79 Å². The maximum absolute atomic E-state index is 12.1. The molecule has 0 heterocycles. The molecule has 3 saturated carbocycles. The van der Waals surface area contributed by atoms with Gasteiger partial charge in [-0.05, 0) is 69.8 Å². The molecular formula is C21H30O3. The largest absolute Gasteiger partial charge is 0.393 e. The highest BCUT2D eigenvalue weighted by Gasteiger charge is 2.60. The molecule has 0 saturated heterocycles. The quantitative estimate of drug-likeness (QED) is 0.808. The summed E-state index contributed by atoms with van der Waals surface area (Å²) in [6.07, 6.45) is 10.8. The first-order valence-electron chi connectivity index (χ1n) is 9.27. The van der Waals surface area contributed by atoms with E-state index in [-0.39, 0.29) is 23.2 Å². The van der Waals surface area contributed by atoms with E-state index < -0.39 is 5.60 Å². The van der Waals surface area contributed by atoms with Crippen molar-refractivity contribution < 1.29 is 15.0 Å². The lowest BCUT2D eigenvalue weighted by Crippen LogP contribution is -2.51. The van der Waals surface area contributed by atoms with Gasteiger partial charge in [0.1, 0.15) is 5.60 Å². The number of ketones is 1. The molecule has 3 heteroatoms. The van der Waals surface area contributed by atoms with Crippen molar-refractivity contribution in [3.63, 3.8) is 0 Å². The van der Waals surface area contributed by atoms with Crippen molar-refractivity contribution in [1.82, 2.24) is 0 Å². The van der Waals surface area contributed by atoms with Crippen LogP contribution in [0.1, 0.15) is 65.2 Å². The Hall–Kier alpha value is -1.19. The zero-order valence-electron chi connectivity index (χ0n) is 15.0. The first-order valence-corrected chi connectivity index (χ1v) is 9.27. The fourth-order valence-electron chi connectivity index (χ4n) is 5.23. The molecular weight excluding hydrogens is 300 g/mol. The summed E-state index contributed by atoms with van der Waals surface area (Å²) < 4.78 is 0. The van der Waals surface area contributed by atoms with Gasteiger partial charge in [-0.15, -0.1) is 0 Å². The standard InChI is InChI=1S/C21H30O3/c1-14-6-9-18(23)13-17(14)8-7-16-5-4-11-20(3)19(16)10-12-21(20,24)15(2)22/h7-8,18-19,23-24H,1,4-6,9-13H2,2-3H3/t18?,19-,20-,21+/m0/s1. The van der Waals surface area contributed by atoms with Crippen LogP contribution in [0.4, 0.5) is 0 Å². The van der Waals surface area contributed by atoms with Crippen LogP contribution in [0, 0.1) is 11.3 Å². The average Bonchev–Trinajstić information content (AvgIpc) is 2.82. The van der Waals surface area contributed by atoms with Crippen molar-refractivity contribution in [2.45, 2.75) is 76.9 Å². The predicted octanol–water partition coefficient (Wildman–Crippen LogP) is 3.86. The van der Waals surface area contributed by atoms with Gasteiger partial charge in [0.05, 0.1) is 6.10 Å². The third kappa shape index (κ3) is 2.72. The number of allylic oxidation sites excluding steroid dienone is 4. The van der Waals surface area contributed by atoms with Crippen molar-refractivity contribution in [2.24, 2.45) is 11.3 Å². The van der Waals surface area contributed by atoms with Crippen LogP contribution in [0.25, 0.3) is 0 Å². The molecule has 3 aliphatic carbocycles. The SMILES string of the molecule is C=C1CCC(O)CC1=CC=C1CCC[C@@]2(C)[C@H]1CC[C@@]2(O)C(C)=O. The van der Waals surface area contributed by atoms with Crippen molar-refractivity contribution in [2.75, 3.05) is 0 Å². The van der Waals surface area contributed by atoms with Crippen molar-refractivity contribution in [1.29, 1.82) is 0 Å². The minimum absolute atomic E-state index is 0.0871. The van der Waals surface area contributed by atoms with E-state index in [4.69, 9.17) is 0 Å². The van der Waals surface area contributed by atoms with Crippen molar-refractivity contribution in [3.05, 3.63) is 35.5 Å². The molecule has 3 rings (SSSR count). The predicted molar refractivity (Wildman–Crippen MR) is 95.5 cm³/mol. The third-order valence-corrected chi connectivity index (χ3v) is 6.89. The van der Waals surface area contributed by atoms with Gasteiger partial charge in [-0.1, -0.05) is 36.8 Å². The smallest absolute Gasteiger partial charge is 0.161 e. The molecule has 0 spiro atoms. The molecule has 0 amide bonds. The van der Waals surface area contributed by atoms with Gasteiger partial charge >= 0.3 is 0 Å². The van der Waals surface area contributed by atoms with E-state index in [1.165, 1.54) is 12.5 Å². The van der Waals surface area contributed by atoms with Gasteiger partial charge in [0.15, 0.2) is 5.78 Å². The molecule has 0 radical (unpaired) electrons. The fraction of sp³-hybridized carbons (Fsp3) is 0.667. The maximum atomic E-state index is 12.1. The second kappa shape index (κ2) is 6.27. The lowest BCUT2D eigenvalue weighted by Gasteiger charge is -2.45. The molecule has 132 valence electrons. The second-order valence-electron chi connectivity index (χ2n) is 8.21. The van der Waals surface area contributed by atoms with Gasteiger partial charge in [0, 0.05) is 5.41 Å². The lowest BCUT2D eigenvalue weighted by molar-refractivity contribution is -0.149. The summed E-state index contributed by atoms with van der Waals surface area (Å²) in [7, 11) is 0. The van der Waals surface area contributed by atoms with Crippen LogP contribution >= 0.6 is 0 Å². The van der Waals surface area contributed by atoms with Gasteiger partial charge in [0.25, 0.3) is 0 Å². The summed E-state index contributed by atoms with van der Waals surface area (Å²) in [5.74, 6) is 0.190. The Bertz CT molecular complexity index is 615. The molecule has 0 aromatic carbocycles. The molecule has 3 nitrogen and oxygen atoms in total. The van der Waals surface area contributed by atoms with Crippen LogP contribution < -0.4 is 0 Å². The Morgan fingerprint density at radius 1 is 1.25 bits per heavy atom. The first kappa shape index (κ1) is 17.6. The second-order valence-corrected chi connectivity index (χ2v) is 8.21. The summed E-state index contributed by atoms with van der Waals surface area (Å²) in [6.45, 7) is 7.75. The van der Waals surface area contributed by atoms with E-state index in [0.717, 1.165) is 49.7 Å². The summed E-state index contributed by atoms with van der Waals surface area (Å²) in [5, 5.41) is 20.9. The van der Waals surface area contributed by atoms with Crippen LogP contribution in [0.3, 0.4) is 0 Å². The van der Waals surface area contributed by atoms with Crippen LogP contribution in [-0.4, -0.2) is 27.7 Å². The average molecular weight is 330 g/mol. The monoisotopic (exact) mass is 330 g/mol. The summed E-state index contributed by atoms with van der Waals surface area (Å²) >= 11 is 0. The minimum atomic E-state index is -1.17. The van der Waals surface area contributed by atoms with Gasteiger partial charge in [0.2, 0.25) is 0 Å². The zero-order valence-corrected chi connectivity index (χ0v) is 15.0. The number of aliphatic hydroxyl groups excluding tert-OH is 1. The number of fused-ring (bicyclic) bond motifs is 1. The zero-order chi connectivity index (χ0) is 17.5. The van der Waals surface area contributed by atoms with E-state index >= 15 is 0 Å². The third-order valence-electron chi connectivity index (χ3n) is 6.89. The molecule has 1 unspecified atom stereocenters. The van der Waals surface area contributed by atoms with E-state index in [9.17, 15) is 15.0 Å². The Morgan fingerprint density at radius 3 is 2.71 bits per heavy atom. The van der Waals surface area contributed by atoms with Crippen LogP contribution in [0.5, 0.6) is 0 Å². The number of hydrogen-bond acceptors (Lipinski definition) is 3. The van der Waals surface area contributed by atoms with E-state index in [2.05, 4.69) is 25.7 Å². The highest BCUT2D eigenvalue weighted by atomic mass is 16.3. The van der Waals surface area contributed by atoms with Crippen LogP contribution in [0.2, 0.25) is 0 Å². The number of carbonyl (C=O) groups is 1. The highest BCUT2D eigenvalue weighted by Crippen LogP contribution is 2.59. The summed E-state index contributed by atoms with van der Waals surface area (Å²) in [4.78, 5) is 12.1. The normalized spacial score (nSPS) is 43.2. The molecule has 0 bridgehead atoms. The van der Waals surface area contributed by atoms with Gasteiger partial charge in [-0.3, -0.25) is 4.79 Å². The van der Waals surface area contributed by atoms with E-state index in [1.807, 2.05) is 0 Å². The fourth-order valence-corrected chi connectivity index (χ4v) is 5.23. The highest BCUT2D eigenvalue weighted by molar-refractivity contribution is 5.86. The van der Waals surface area contributed by atoms with Crippen LogP contribution in [0.15, 0.2) is 35.5 Å².